The fraction of sp³-hybridized carbons (Fsp3) is 1.00. The predicted octanol–water partition coefficient (Wildman–Crippen LogP) is 1.63. The molecule has 1 rings (SSSR count). The highest BCUT2D eigenvalue weighted by molar-refractivity contribution is 4.75. The predicted molar refractivity (Wildman–Crippen MR) is 51.2 cm³/mol. The topological polar surface area (TPSA) is 23.5 Å². The van der Waals surface area contributed by atoms with Gasteiger partial charge in [-0.2, -0.15) is 0 Å². The molecule has 1 fully saturated rings. The molecular formula is C10H21NO. The highest BCUT2D eigenvalue weighted by atomic mass is 16.3. The van der Waals surface area contributed by atoms with Crippen molar-refractivity contribution in [1.29, 1.82) is 0 Å². The third-order valence-electron chi connectivity index (χ3n) is 2.76. The number of nitrogens with zero attached hydrogens (tertiary/aromatic N) is 1. The summed E-state index contributed by atoms with van der Waals surface area (Å²) >= 11 is 0. The molecule has 0 aromatic carbocycles. The maximum Gasteiger partial charge on any atom is 0.0667 e. The van der Waals surface area contributed by atoms with Gasteiger partial charge in [0, 0.05) is 12.6 Å². The van der Waals surface area contributed by atoms with E-state index in [4.69, 9.17) is 0 Å². The van der Waals surface area contributed by atoms with Gasteiger partial charge in [-0.3, -0.25) is 4.90 Å². The number of β-amino-alcohol motifs (C(OH)–C–C–N with tert-alkyl or cyclic N) is 1. The van der Waals surface area contributed by atoms with E-state index in [0.717, 1.165) is 19.4 Å². The molecule has 2 heteroatoms. The van der Waals surface area contributed by atoms with Crippen LogP contribution in [0.2, 0.25) is 0 Å². The van der Waals surface area contributed by atoms with Gasteiger partial charge >= 0.3 is 0 Å². The van der Waals surface area contributed by atoms with E-state index in [0.29, 0.717) is 6.04 Å². The van der Waals surface area contributed by atoms with Crippen molar-refractivity contribution in [3.8, 4) is 0 Å². The minimum absolute atomic E-state index is 0.0712. The van der Waals surface area contributed by atoms with E-state index in [9.17, 15) is 5.11 Å². The Labute approximate surface area is 75.6 Å². The molecule has 0 bridgehead atoms. The van der Waals surface area contributed by atoms with Crippen molar-refractivity contribution in [2.75, 3.05) is 13.1 Å². The molecule has 0 amide bonds. The molecule has 0 aliphatic carbocycles. The van der Waals surface area contributed by atoms with Crippen LogP contribution in [0.4, 0.5) is 0 Å². The summed E-state index contributed by atoms with van der Waals surface area (Å²) in [7, 11) is 0. The average Bonchev–Trinajstić information content (AvgIpc) is 2.05. The molecule has 0 radical (unpaired) electrons. The van der Waals surface area contributed by atoms with Crippen molar-refractivity contribution >= 4 is 0 Å². The number of piperidine rings is 1. The molecule has 12 heavy (non-hydrogen) atoms. The number of aliphatic hydroxyl groups excluding tert-OH is 1. The SMILES string of the molecule is CCCC(C)N1CCC[C@H](O)C1. The third kappa shape index (κ3) is 2.76. The maximum absolute atomic E-state index is 9.46. The van der Waals surface area contributed by atoms with Gasteiger partial charge in [0.2, 0.25) is 0 Å². The van der Waals surface area contributed by atoms with Crippen LogP contribution in [0.25, 0.3) is 0 Å². The van der Waals surface area contributed by atoms with E-state index in [-0.39, 0.29) is 6.10 Å². The zero-order valence-corrected chi connectivity index (χ0v) is 8.29. The monoisotopic (exact) mass is 171 g/mol. The molecular weight excluding hydrogens is 150 g/mol. The standard InChI is InChI=1S/C10H21NO/c1-3-5-9(2)11-7-4-6-10(12)8-11/h9-10,12H,3-8H2,1-2H3/t9?,10-/m0/s1. The molecule has 1 N–H and O–H groups in total. The Morgan fingerprint density at radius 2 is 2.33 bits per heavy atom. The van der Waals surface area contributed by atoms with Gasteiger partial charge in [0.25, 0.3) is 0 Å². The molecule has 1 aliphatic heterocycles. The van der Waals surface area contributed by atoms with Crippen LogP contribution >= 0.6 is 0 Å². The third-order valence-corrected chi connectivity index (χ3v) is 2.76. The van der Waals surface area contributed by atoms with E-state index < -0.39 is 0 Å². The van der Waals surface area contributed by atoms with Crippen LogP contribution in [-0.4, -0.2) is 35.2 Å². The van der Waals surface area contributed by atoms with Crippen LogP contribution in [0.3, 0.4) is 0 Å². The molecule has 1 heterocycles. The van der Waals surface area contributed by atoms with Crippen LogP contribution in [0.5, 0.6) is 0 Å². The lowest BCUT2D eigenvalue weighted by Crippen LogP contribution is -2.43. The first kappa shape index (κ1) is 10.0. The highest BCUT2D eigenvalue weighted by Crippen LogP contribution is 2.15. The minimum atomic E-state index is -0.0712. The lowest BCUT2D eigenvalue weighted by atomic mass is 10.0. The molecule has 2 nitrogen and oxygen atoms in total. The zero-order chi connectivity index (χ0) is 8.97. The molecule has 2 atom stereocenters. The molecule has 0 spiro atoms. The normalized spacial score (nSPS) is 28.8. The molecule has 1 unspecified atom stereocenters. The van der Waals surface area contributed by atoms with Gasteiger partial charge in [-0.25, -0.2) is 0 Å². The summed E-state index contributed by atoms with van der Waals surface area (Å²) in [4.78, 5) is 2.41. The van der Waals surface area contributed by atoms with Crippen molar-refractivity contribution in [3.63, 3.8) is 0 Å². The fourth-order valence-corrected chi connectivity index (χ4v) is 1.98. The largest absolute Gasteiger partial charge is 0.392 e. The van der Waals surface area contributed by atoms with Crippen molar-refractivity contribution < 1.29 is 5.11 Å². The Bertz CT molecular complexity index is 127. The minimum Gasteiger partial charge on any atom is -0.392 e. The van der Waals surface area contributed by atoms with E-state index in [1.54, 1.807) is 0 Å². The first-order valence-corrected chi connectivity index (χ1v) is 5.16. The number of rotatable bonds is 3. The zero-order valence-electron chi connectivity index (χ0n) is 8.29. The van der Waals surface area contributed by atoms with Gasteiger partial charge in [0.1, 0.15) is 0 Å². The second-order valence-corrected chi connectivity index (χ2v) is 3.93. The Morgan fingerprint density at radius 1 is 1.58 bits per heavy atom. The Morgan fingerprint density at radius 3 is 2.92 bits per heavy atom. The molecule has 72 valence electrons. The van der Waals surface area contributed by atoms with Crippen LogP contribution in [0.1, 0.15) is 39.5 Å². The van der Waals surface area contributed by atoms with Gasteiger partial charge in [0.15, 0.2) is 0 Å². The van der Waals surface area contributed by atoms with Gasteiger partial charge in [-0.1, -0.05) is 13.3 Å². The first-order chi connectivity index (χ1) is 5.74. The number of aliphatic hydroxyl groups is 1. The van der Waals surface area contributed by atoms with Crippen molar-refractivity contribution in [3.05, 3.63) is 0 Å². The van der Waals surface area contributed by atoms with Gasteiger partial charge in [0.05, 0.1) is 6.10 Å². The van der Waals surface area contributed by atoms with Gasteiger partial charge < -0.3 is 5.11 Å². The van der Waals surface area contributed by atoms with Crippen LogP contribution < -0.4 is 0 Å². The number of likely N-dealkylation sites (tertiary alicyclic amines) is 1. The maximum atomic E-state index is 9.46. The van der Waals surface area contributed by atoms with Crippen molar-refractivity contribution in [1.82, 2.24) is 4.90 Å². The quantitative estimate of drug-likeness (QED) is 0.697. The van der Waals surface area contributed by atoms with Crippen LogP contribution in [0.15, 0.2) is 0 Å². The molecule has 0 saturated carbocycles. The lowest BCUT2D eigenvalue weighted by molar-refractivity contribution is 0.0484. The van der Waals surface area contributed by atoms with Crippen molar-refractivity contribution in [2.24, 2.45) is 0 Å². The summed E-state index contributed by atoms with van der Waals surface area (Å²) in [6, 6.07) is 0.657. The van der Waals surface area contributed by atoms with E-state index in [1.165, 1.54) is 19.4 Å². The van der Waals surface area contributed by atoms with E-state index in [1.807, 2.05) is 0 Å². The van der Waals surface area contributed by atoms with Gasteiger partial charge in [-0.05, 0) is 32.7 Å². The summed E-state index contributed by atoms with van der Waals surface area (Å²) < 4.78 is 0. The van der Waals surface area contributed by atoms with Gasteiger partial charge in [-0.15, -0.1) is 0 Å². The fourth-order valence-electron chi connectivity index (χ4n) is 1.98. The first-order valence-electron chi connectivity index (χ1n) is 5.16. The number of hydrogen-bond donors (Lipinski definition) is 1. The summed E-state index contributed by atoms with van der Waals surface area (Å²) in [5, 5.41) is 9.46. The van der Waals surface area contributed by atoms with E-state index >= 15 is 0 Å². The summed E-state index contributed by atoms with van der Waals surface area (Å²) in [5.74, 6) is 0. The smallest absolute Gasteiger partial charge is 0.0667 e. The molecule has 1 saturated heterocycles. The number of hydrogen-bond acceptors (Lipinski definition) is 2. The average molecular weight is 171 g/mol. The molecule has 1 aliphatic rings. The Hall–Kier alpha value is -0.0800. The highest BCUT2D eigenvalue weighted by Gasteiger charge is 2.20. The Kier molecular flexibility index (Phi) is 4.02. The van der Waals surface area contributed by atoms with Crippen LogP contribution in [-0.2, 0) is 0 Å². The summed E-state index contributed by atoms with van der Waals surface area (Å²) in [6.07, 6.45) is 4.59. The second kappa shape index (κ2) is 4.83. The molecule has 0 aromatic heterocycles. The summed E-state index contributed by atoms with van der Waals surface area (Å²) in [6.45, 7) is 6.55. The second-order valence-electron chi connectivity index (χ2n) is 3.93. The molecule has 0 aromatic rings. The van der Waals surface area contributed by atoms with Crippen LogP contribution in [0, 0.1) is 0 Å². The summed E-state index contributed by atoms with van der Waals surface area (Å²) in [5.41, 5.74) is 0. The Balaban J connectivity index is 2.29. The van der Waals surface area contributed by atoms with E-state index in [2.05, 4.69) is 18.7 Å². The lowest BCUT2D eigenvalue weighted by Gasteiger charge is -2.34. The van der Waals surface area contributed by atoms with Crippen molar-refractivity contribution in [2.45, 2.75) is 51.7 Å².